The molecule has 0 aliphatic carbocycles. The summed E-state index contributed by atoms with van der Waals surface area (Å²) in [5, 5.41) is 0.734. The number of halogens is 1. The lowest BCUT2D eigenvalue weighted by Gasteiger charge is -2.13. The first kappa shape index (κ1) is 19.3. The highest BCUT2D eigenvalue weighted by molar-refractivity contribution is 6.30. The van der Waals surface area contributed by atoms with E-state index in [1.165, 1.54) is 0 Å². The molecule has 0 saturated carbocycles. The highest BCUT2D eigenvalue weighted by Crippen LogP contribution is 2.23. The summed E-state index contributed by atoms with van der Waals surface area (Å²) in [5.41, 5.74) is 5.48. The molecular weight excluding hydrogens is 380 g/mol. The molecule has 1 aromatic heterocycles. The van der Waals surface area contributed by atoms with Gasteiger partial charge in [0, 0.05) is 5.02 Å². The predicted octanol–water partition coefficient (Wildman–Crippen LogP) is 6.56. The lowest BCUT2D eigenvalue weighted by atomic mass is 10.1. The molecule has 0 spiro atoms. The lowest BCUT2D eigenvalue weighted by Crippen LogP contribution is -2.10. The third kappa shape index (κ3) is 4.36. The van der Waals surface area contributed by atoms with E-state index in [1.807, 2.05) is 48.5 Å². The zero-order valence-corrected chi connectivity index (χ0v) is 17.4. The van der Waals surface area contributed by atoms with Crippen molar-refractivity contribution >= 4 is 34.8 Å². The zero-order valence-electron chi connectivity index (χ0n) is 16.6. The Balaban J connectivity index is 1.59. The number of rotatable bonds is 6. The van der Waals surface area contributed by atoms with E-state index in [1.54, 1.807) is 0 Å². The molecule has 0 aliphatic rings. The molecule has 0 saturated heterocycles. The van der Waals surface area contributed by atoms with Crippen molar-refractivity contribution in [2.45, 2.75) is 20.4 Å². The van der Waals surface area contributed by atoms with Crippen LogP contribution >= 0.6 is 11.6 Å². The summed E-state index contributed by atoms with van der Waals surface area (Å²) >= 11 is 5.98. The molecule has 3 aromatic carbocycles. The molecule has 0 fully saturated rings. The van der Waals surface area contributed by atoms with E-state index in [0.717, 1.165) is 44.3 Å². The number of nitrogens with zero attached hydrogens (tertiary/aromatic N) is 2. The maximum atomic E-state index is 6.13. The quantitative estimate of drug-likeness (QED) is 0.365. The molecule has 0 radical (unpaired) electrons. The van der Waals surface area contributed by atoms with Gasteiger partial charge >= 0.3 is 0 Å². The molecule has 0 aliphatic heterocycles. The number of fused-ring (bicyclic) bond motifs is 1. The first-order valence-corrected chi connectivity index (χ1v) is 10.1. The van der Waals surface area contributed by atoms with E-state index in [0.29, 0.717) is 13.2 Å². The summed E-state index contributed by atoms with van der Waals surface area (Å²) in [4.78, 5) is 4.80. The van der Waals surface area contributed by atoms with Crippen LogP contribution in [0.4, 0.5) is 0 Å². The molecule has 1 heterocycles. The fraction of sp³-hybridized carbons (Fsp3) is 0.160. The molecule has 0 amide bonds. The summed E-state index contributed by atoms with van der Waals surface area (Å²) in [6.45, 7) is 5.45. The third-order valence-corrected chi connectivity index (χ3v) is 5.20. The lowest BCUT2D eigenvalue weighted by molar-refractivity contribution is 0.296. The standard InChI is InChI=1S/C25H23ClN2O/c1-18-6-5-7-19(2)25(18)29-17-16-28-23-9-4-3-8-22(23)27-24(28)15-12-20-10-13-21(26)14-11-20/h3-15H,16-17H2,1-2H3/b15-12+. The zero-order chi connectivity index (χ0) is 20.2. The van der Waals surface area contributed by atoms with Gasteiger partial charge in [-0.25, -0.2) is 4.98 Å². The number of imidazole rings is 1. The van der Waals surface area contributed by atoms with Crippen molar-refractivity contribution in [3.05, 3.63) is 94.3 Å². The Labute approximate surface area is 176 Å². The van der Waals surface area contributed by atoms with Crippen molar-refractivity contribution in [1.29, 1.82) is 0 Å². The average molecular weight is 403 g/mol. The van der Waals surface area contributed by atoms with Crippen LogP contribution in [0.1, 0.15) is 22.5 Å². The number of aryl methyl sites for hydroxylation is 2. The topological polar surface area (TPSA) is 27.1 Å². The summed E-state index contributed by atoms with van der Waals surface area (Å²) in [5.74, 6) is 1.88. The second kappa shape index (κ2) is 8.54. The highest BCUT2D eigenvalue weighted by Gasteiger charge is 2.09. The molecule has 29 heavy (non-hydrogen) atoms. The van der Waals surface area contributed by atoms with Crippen LogP contribution in [0.3, 0.4) is 0 Å². The van der Waals surface area contributed by atoms with Crippen LogP contribution < -0.4 is 4.74 Å². The van der Waals surface area contributed by atoms with Crippen LogP contribution in [-0.4, -0.2) is 16.2 Å². The first-order valence-electron chi connectivity index (χ1n) is 9.70. The Kier molecular flexibility index (Phi) is 5.68. The number of ether oxygens (including phenoxy) is 1. The van der Waals surface area contributed by atoms with Crippen molar-refractivity contribution in [1.82, 2.24) is 9.55 Å². The van der Waals surface area contributed by atoms with E-state index in [9.17, 15) is 0 Å². The van der Waals surface area contributed by atoms with Crippen molar-refractivity contribution in [2.24, 2.45) is 0 Å². The number of benzene rings is 3. The number of hydrogen-bond acceptors (Lipinski definition) is 2. The Hall–Kier alpha value is -3.04. The van der Waals surface area contributed by atoms with Gasteiger partial charge in [-0.05, 0) is 60.9 Å². The number of aromatic nitrogens is 2. The van der Waals surface area contributed by atoms with Gasteiger partial charge in [0.25, 0.3) is 0 Å². The van der Waals surface area contributed by atoms with Gasteiger partial charge < -0.3 is 9.30 Å². The Morgan fingerprint density at radius 2 is 1.62 bits per heavy atom. The van der Waals surface area contributed by atoms with Crippen molar-refractivity contribution in [2.75, 3.05) is 6.61 Å². The fourth-order valence-corrected chi connectivity index (χ4v) is 3.59. The van der Waals surface area contributed by atoms with Gasteiger partial charge in [-0.3, -0.25) is 0 Å². The summed E-state index contributed by atoms with van der Waals surface area (Å²) in [6, 6.07) is 22.2. The van der Waals surface area contributed by atoms with Gasteiger partial charge in [-0.1, -0.05) is 60.1 Å². The van der Waals surface area contributed by atoms with Crippen LogP contribution in [0.25, 0.3) is 23.2 Å². The summed E-state index contributed by atoms with van der Waals surface area (Å²) < 4.78 is 8.34. The molecule has 0 atom stereocenters. The van der Waals surface area contributed by atoms with E-state index < -0.39 is 0 Å². The minimum Gasteiger partial charge on any atom is -0.491 e. The van der Waals surface area contributed by atoms with Crippen LogP contribution in [-0.2, 0) is 6.54 Å². The van der Waals surface area contributed by atoms with Gasteiger partial charge in [-0.15, -0.1) is 0 Å². The molecule has 0 bridgehead atoms. The normalized spacial score (nSPS) is 11.4. The number of hydrogen-bond donors (Lipinski definition) is 0. The second-order valence-electron chi connectivity index (χ2n) is 7.06. The van der Waals surface area contributed by atoms with Crippen molar-refractivity contribution in [3.63, 3.8) is 0 Å². The van der Waals surface area contributed by atoms with Crippen LogP contribution in [0.2, 0.25) is 5.02 Å². The Morgan fingerprint density at radius 3 is 2.38 bits per heavy atom. The molecule has 3 nitrogen and oxygen atoms in total. The van der Waals surface area contributed by atoms with Crippen molar-refractivity contribution < 1.29 is 4.74 Å². The van der Waals surface area contributed by atoms with Gasteiger partial charge in [0.2, 0.25) is 0 Å². The SMILES string of the molecule is Cc1cccc(C)c1OCCn1c(/C=C/c2ccc(Cl)cc2)nc2ccccc21. The molecular formula is C25H23ClN2O. The minimum atomic E-state index is 0.577. The van der Waals surface area contributed by atoms with E-state index in [4.69, 9.17) is 21.3 Å². The summed E-state index contributed by atoms with van der Waals surface area (Å²) in [7, 11) is 0. The minimum absolute atomic E-state index is 0.577. The summed E-state index contributed by atoms with van der Waals surface area (Å²) in [6.07, 6.45) is 4.10. The second-order valence-corrected chi connectivity index (χ2v) is 7.50. The maximum Gasteiger partial charge on any atom is 0.133 e. The highest BCUT2D eigenvalue weighted by atomic mass is 35.5. The van der Waals surface area contributed by atoms with Gasteiger partial charge in [0.05, 0.1) is 17.6 Å². The van der Waals surface area contributed by atoms with Crippen LogP contribution in [0.5, 0.6) is 5.75 Å². The first-order chi connectivity index (χ1) is 14.1. The van der Waals surface area contributed by atoms with Crippen LogP contribution in [0.15, 0.2) is 66.7 Å². The van der Waals surface area contributed by atoms with Crippen LogP contribution in [0, 0.1) is 13.8 Å². The van der Waals surface area contributed by atoms with Gasteiger partial charge in [0.15, 0.2) is 0 Å². The molecule has 0 N–H and O–H groups in total. The largest absolute Gasteiger partial charge is 0.491 e. The molecule has 146 valence electrons. The van der Waals surface area contributed by atoms with Crippen molar-refractivity contribution in [3.8, 4) is 5.75 Å². The Morgan fingerprint density at radius 1 is 0.897 bits per heavy atom. The third-order valence-electron chi connectivity index (χ3n) is 4.95. The molecule has 4 heteroatoms. The van der Waals surface area contributed by atoms with E-state index in [2.05, 4.69) is 48.8 Å². The molecule has 0 unspecified atom stereocenters. The maximum absolute atomic E-state index is 6.13. The predicted molar refractivity (Wildman–Crippen MR) is 122 cm³/mol. The Bertz CT molecular complexity index is 1140. The van der Waals surface area contributed by atoms with Gasteiger partial charge in [0.1, 0.15) is 18.2 Å². The molecule has 4 aromatic rings. The monoisotopic (exact) mass is 402 g/mol. The number of para-hydroxylation sites is 3. The van der Waals surface area contributed by atoms with Gasteiger partial charge in [-0.2, -0.15) is 0 Å². The average Bonchev–Trinajstić information content (AvgIpc) is 3.07. The smallest absolute Gasteiger partial charge is 0.133 e. The van der Waals surface area contributed by atoms with E-state index >= 15 is 0 Å². The fourth-order valence-electron chi connectivity index (χ4n) is 3.47. The molecule has 4 rings (SSSR count). The van der Waals surface area contributed by atoms with E-state index in [-0.39, 0.29) is 0 Å².